The third-order valence-electron chi connectivity index (χ3n) is 9.67. The Morgan fingerprint density at radius 1 is 0.642 bits per heavy atom. The van der Waals surface area contributed by atoms with Gasteiger partial charge in [0.05, 0.1) is 23.9 Å². The summed E-state index contributed by atoms with van der Waals surface area (Å²) in [6.45, 7) is 6.14. The lowest BCUT2D eigenvalue weighted by atomic mass is 9.90. The first-order valence-corrected chi connectivity index (χ1v) is 17.4. The van der Waals surface area contributed by atoms with Crippen LogP contribution in [0, 0.1) is 0 Å². The monoisotopic (exact) mass is 708 g/mol. The van der Waals surface area contributed by atoms with E-state index >= 15 is 0 Å². The first-order valence-electron chi connectivity index (χ1n) is 17.4. The lowest BCUT2D eigenvalue weighted by Gasteiger charge is -2.29. The number of aromatic hydroxyl groups is 2. The van der Waals surface area contributed by atoms with Crippen LogP contribution >= 0.6 is 0 Å². The van der Waals surface area contributed by atoms with Crippen LogP contribution < -0.4 is 0 Å². The molecule has 7 aromatic rings. The van der Waals surface area contributed by atoms with Gasteiger partial charge in [-0.1, -0.05) is 117 Å². The third kappa shape index (κ3) is 7.39. The SMILES string of the molecule is CCN(CC)C(CO)c1cccc2ccc(-c3ccccc3)nc12.O=C(O)c1cc2ccccc2c(Cc2c(O)c(C(=O)O)cc3ccccc23)c1O. The van der Waals surface area contributed by atoms with Gasteiger partial charge in [0.2, 0.25) is 0 Å². The molecule has 53 heavy (non-hydrogen) atoms. The number of nitrogens with zero attached hydrogens (tertiary/aromatic N) is 2. The Morgan fingerprint density at radius 2 is 1.15 bits per heavy atom. The molecule has 0 radical (unpaired) electrons. The number of rotatable bonds is 10. The van der Waals surface area contributed by atoms with Gasteiger partial charge in [-0.2, -0.15) is 0 Å². The minimum Gasteiger partial charge on any atom is -0.507 e. The Hall–Kier alpha value is -6.29. The number of hydrogen-bond donors (Lipinski definition) is 5. The number of benzene rings is 6. The Labute approximate surface area is 306 Å². The Morgan fingerprint density at radius 3 is 1.66 bits per heavy atom. The Balaban J connectivity index is 0.000000185. The van der Waals surface area contributed by atoms with Gasteiger partial charge < -0.3 is 25.5 Å². The summed E-state index contributed by atoms with van der Waals surface area (Å²) >= 11 is 0. The number of pyridine rings is 1. The molecule has 0 aliphatic rings. The van der Waals surface area contributed by atoms with Gasteiger partial charge in [0.1, 0.15) is 22.6 Å². The van der Waals surface area contributed by atoms with Crippen LogP contribution in [0.2, 0.25) is 0 Å². The van der Waals surface area contributed by atoms with E-state index in [9.17, 15) is 35.1 Å². The van der Waals surface area contributed by atoms with E-state index < -0.39 is 23.4 Å². The molecule has 9 nitrogen and oxygen atoms in total. The van der Waals surface area contributed by atoms with Crippen LogP contribution in [0.1, 0.15) is 57.3 Å². The molecular formula is C44H40N2O7. The van der Waals surface area contributed by atoms with E-state index in [0.717, 1.165) is 40.8 Å². The van der Waals surface area contributed by atoms with Crippen molar-refractivity contribution in [3.05, 3.63) is 149 Å². The maximum absolute atomic E-state index is 11.6. The zero-order chi connectivity index (χ0) is 37.6. The minimum atomic E-state index is -1.28. The zero-order valence-corrected chi connectivity index (χ0v) is 29.4. The molecule has 0 aliphatic carbocycles. The predicted molar refractivity (Wildman–Crippen MR) is 208 cm³/mol. The molecule has 0 fully saturated rings. The van der Waals surface area contributed by atoms with Gasteiger partial charge in [-0.25, -0.2) is 14.6 Å². The molecule has 268 valence electrons. The third-order valence-corrected chi connectivity index (χ3v) is 9.67. The number of carbonyl (C=O) groups is 2. The second-order valence-corrected chi connectivity index (χ2v) is 12.6. The second-order valence-electron chi connectivity index (χ2n) is 12.6. The fraction of sp³-hybridized carbons (Fsp3) is 0.159. The van der Waals surface area contributed by atoms with Gasteiger partial charge in [0.15, 0.2) is 0 Å². The number of likely N-dealkylation sites (N-methyl/N-ethyl adjacent to an activating group) is 1. The molecule has 0 aliphatic heterocycles. The van der Waals surface area contributed by atoms with Gasteiger partial charge in [0, 0.05) is 28.5 Å². The van der Waals surface area contributed by atoms with E-state index in [-0.39, 0.29) is 30.2 Å². The van der Waals surface area contributed by atoms with E-state index in [1.807, 2.05) is 24.3 Å². The molecule has 5 N–H and O–H groups in total. The summed E-state index contributed by atoms with van der Waals surface area (Å²) in [5, 5.41) is 53.9. The molecule has 7 rings (SSSR count). The summed E-state index contributed by atoms with van der Waals surface area (Å²) in [6, 6.07) is 37.4. The van der Waals surface area contributed by atoms with Crippen LogP contribution in [-0.4, -0.2) is 67.1 Å². The second kappa shape index (κ2) is 15.9. The molecule has 1 atom stereocenters. The molecular weight excluding hydrogens is 668 g/mol. The lowest BCUT2D eigenvalue weighted by Crippen LogP contribution is -2.31. The Kier molecular flexibility index (Phi) is 11.0. The van der Waals surface area contributed by atoms with E-state index in [2.05, 4.69) is 55.1 Å². The topological polar surface area (TPSA) is 151 Å². The molecule has 1 aromatic heterocycles. The summed E-state index contributed by atoms with van der Waals surface area (Å²) in [7, 11) is 0. The van der Waals surface area contributed by atoms with Crippen molar-refractivity contribution in [1.82, 2.24) is 9.88 Å². The summed E-state index contributed by atoms with van der Waals surface area (Å²) in [5.74, 6) is -3.36. The number of aliphatic hydroxyl groups is 1. The highest BCUT2D eigenvalue weighted by molar-refractivity contribution is 6.02. The molecule has 0 spiro atoms. The van der Waals surface area contributed by atoms with Gasteiger partial charge in [-0.05, 0) is 58.4 Å². The quantitative estimate of drug-likeness (QED) is 0.0940. The largest absolute Gasteiger partial charge is 0.507 e. The highest BCUT2D eigenvalue weighted by atomic mass is 16.4. The number of aromatic nitrogens is 1. The fourth-order valence-corrected chi connectivity index (χ4v) is 6.97. The maximum Gasteiger partial charge on any atom is 0.339 e. The van der Waals surface area contributed by atoms with Crippen molar-refractivity contribution < 1.29 is 35.1 Å². The molecule has 0 bridgehead atoms. The van der Waals surface area contributed by atoms with Crippen LogP contribution in [0.5, 0.6) is 11.5 Å². The van der Waals surface area contributed by atoms with Crippen molar-refractivity contribution in [3.8, 4) is 22.8 Å². The van der Waals surface area contributed by atoms with Gasteiger partial charge >= 0.3 is 11.9 Å². The highest BCUT2D eigenvalue weighted by Crippen LogP contribution is 2.39. The maximum atomic E-state index is 11.6. The van der Waals surface area contributed by atoms with E-state index in [4.69, 9.17) is 4.98 Å². The Bertz CT molecular complexity index is 2340. The summed E-state index contributed by atoms with van der Waals surface area (Å²) in [5.41, 5.74) is 4.26. The summed E-state index contributed by atoms with van der Waals surface area (Å²) in [6.07, 6.45) is -0.0407. The first kappa shape index (κ1) is 36.5. The van der Waals surface area contributed by atoms with Crippen molar-refractivity contribution in [1.29, 1.82) is 0 Å². The smallest absolute Gasteiger partial charge is 0.339 e. The number of carboxylic acids is 2. The van der Waals surface area contributed by atoms with Crippen molar-refractivity contribution in [2.45, 2.75) is 26.3 Å². The predicted octanol–water partition coefficient (Wildman–Crippen LogP) is 8.67. The zero-order valence-electron chi connectivity index (χ0n) is 29.4. The first-order chi connectivity index (χ1) is 25.7. The fourth-order valence-electron chi connectivity index (χ4n) is 6.97. The van der Waals surface area contributed by atoms with Crippen molar-refractivity contribution in [2.75, 3.05) is 19.7 Å². The van der Waals surface area contributed by atoms with Crippen LogP contribution in [-0.2, 0) is 6.42 Å². The van der Waals surface area contributed by atoms with Crippen molar-refractivity contribution >= 4 is 44.4 Å². The van der Waals surface area contributed by atoms with Crippen LogP contribution in [0.3, 0.4) is 0 Å². The van der Waals surface area contributed by atoms with Crippen molar-refractivity contribution in [3.63, 3.8) is 0 Å². The van der Waals surface area contributed by atoms with Crippen LogP contribution in [0.15, 0.2) is 121 Å². The van der Waals surface area contributed by atoms with Crippen molar-refractivity contribution in [2.24, 2.45) is 0 Å². The van der Waals surface area contributed by atoms with Crippen LogP contribution in [0.4, 0.5) is 0 Å². The van der Waals surface area contributed by atoms with E-state index in [1.54, 1.807) is 48.5 Å². The molecule has 0 saturated carbocycles. The standard InChI is InChI=1S/C23H16O6.C21H24N2O/c24-20-16(14-7-3-1-5-12(14)9-18(20)22(26)27)11-17-15-8-4-2-6-13(15)10-19(21(17)25)23(28)29;1-3-23(4-2)20(15-24)18-12-8-11-17-13-14-19(22-21(17)18)16-9-6-5-7-10-16/h1-10,24-25H,11H2,(H,26,27)(H,28,29);5-14,20,24H,3-4,15H2,1-2H3. The average Bonchev–Trinajstić information content (AvgIpc) is 3.18. The number of aliphatic hydroxyl groups excluding tert-OH is 1. The summed E-state index contributed by atoms with van der Waals surface area (Å²) in [4.78, 5) is 30.4. The normalized spacial score (nSPS) is 11.8. The summed E-state index contributed by atoms with van der Waals surface area (Å²) < 4.78 is 0. The minimum absolute atomic E-state index is 0.0257. The molecule has 0 amide bonds. The number of phenols is 2. The van der Waals surface area contributed by atoms with Gasteiger partial charge in [-0.3, -0.25) is 4.90 Å². The highest BCUT2D eigenvalue weighted by Gasteiger charge is 2.23. The van der Waals surface area contributed by atoms with E-state index in [0.29, 0.717) is 32.7 Å². The number of carboxylic acid groups (broad SMARTS) is 2. The molecule has 1 heterocycles. The number of hydrogen-bond acceptors (Lipinski definition) is 7. The van der Waals surface area contributed by atoms with E-state index in [1.165, 1.54) is 12.1 Å². The molecule has 0 saturated heterocycles. The average molecular weight is 709 g/mol. The van der Waals surface area contributed by atoms with Crippen LogP contribution in [0.25, 0.3) is 43.7 Å². The molecule has 6 aromatic carbocycles. The number of aromatic carboxylic acids is 2. The van der Waals surface area contributed by atoms with Gasteiger partial charge in [-0.15, -0.1) is 0 Å². The number of para-hydroxylation sites is 1. The number of fused-ring (bicyclic) bond motifs is 3. The molecule has 1 unspecified atom stereocenters. The van der Waals surface area contributed by atoms with Gasteiger partial charge in [0.25, 0.3) is 0 Å². The molecule has 9 heteroatoms. The lowest BCUT2D eigenvalue weighted by molar-refractivity contribution is 0.0682.